The number of carbonyl (C=O) groups excluding carboxylic acids is 1. The molecule has 7 heteroatoms. The summed E-state index contributed by atoms with van der Waals surface area (Å²) in [6.07, 6.45) is 3.47. The van der Waals surface area contributed by atoms with Crippen molar-refractivity contribution in [2.75, 3.05) is 13.1 Å². The van der Waals surface area contributed by atoms with Gasteiger partial charge in [-0.1, -0.05) is 6.42 Å². The van der Waals surface area contributed by atoms with Crippen LogP contribution in [0.3, 0.4) is 0 Å². The standard InChI is InChI=1S/C15H24N2O3S2/c1-11-10-15(12(2)21-11)22(19,20)17-9-5-4-6-14(17)7-8-16-13(3)18/h10,14H,4-9H2,1-3H3,(H,16,18)/t14-/m1/s1. The van der Waals surface area contributed by atoms with E-state index in [1.54, 1.807) is 10.4 Å². The molecule has 1 aromatic rings. The molecule has 1 aliphatic heterocycles. The maximum absolute atomic E-state index is 13.0. The number of aryl methyl sites for hydroxylation is 2. The zero-order valence-electron chi connectivity index (χ0n) is 13.4. The van der Waals surface area contributed by atoms with Gasteiger partial charge in [-0.2, -0.15) is 4.31 Å². The van der Waals surface area contributed by atoms with E-state index in [-0.39, 0.29) is 11.9 Å². The second-order valence-electron chi connectivity index (χ2n) is 5.81. The molecule has 1 aromatic heterocycles. The Kier molecular flexibility index (Phi) is 5.63. The lowest BCUT2D eigenvalue weighted by Crippen LogP contribution is -2.45. The highest BCUT2D eigenvalue weighted by Crippen LogP contribution is 2.32. The van der Waals surface area contributed by atoms with E-state index in [4.69, 9.17) is 0 Å². The van der Waals surface area contributed by atoms with Crippen molar-refractivity contribution in [3.05, 3.63) is 15.8 Å². The van der Waals surface area contributed by atoms with Gasteiger partial charge in [0, 0.05) is 35.8 Å². The van der Waals surface area contributed by atoms with Crippen LogP contribution in [0.15, 0.2) is 11.0 Å². The number of sulfonamides is 1. The highest BCUT2D eigenvalue weighted by atomic mass is 32.2. The number of nitrogens with zero attached hydrogens (tertiary/aromatic N) is 1. The number of amides is 1. The predicted molar refractivity (Wildman–Crippen MR) is 88.6 cm³/mol. The SMILES string of the molecule is CC(=O)NCC[C@H]1CCCCN1S(=O)(=O)c1cc(C)sc1C. The Bertz CT molecular complexity index is 637. The molecule has 0 radical (unpaired) electrons. The van der Waals surface area contributed by atoms with Gasteiger partial charge in [0.25, 0.3) is 0 Å². The van der Waals surface area contributed by atoms with Crippen molar-refractivity contribution in [3.63, 3.8) is 0 Å². The molecule has 22 heavy (non-hydrogen) atoms. The van der Waals surface area contributed by atoms with Crippen molar-refractivity contribution in [1.82, 2.24) is 9.62 Å². The molecular weight excluding hydrogens is 320 g/mol. The van der Waals surface area contributed by atoms with E-state index in [2.05, 4.69) is 5.32 Å². The fourth-order valence-electron chi connectivity index (χ4n) is 2.98. The van der Waals surface area contributed by atoms with Gasteiger partial charge in [0.15, 0.2) is 0 Å². The van der Waals surface area contributed by atoms with Gasteiger partial charge in [-0.05, 0) is 39.2 Å². The second-order valence-corrected chi connectivity index (χ2v) is 9.13. The molecule has 0 aliphatic carbocycles. The van der Waals surface area contributed by atoms with E-state index in [1.807, 2.05) is 13.8 Å². The van der Waals surface area contributed by atoms with Crippen LogP contribution >= 0.6 is 11.3 Å². The van der Waals surface area contributed by atoms with Crippen LogP contribution in [0.1, 0.15) is 42.4 Å². The van der Waals surface area contributed by atoms with Crippen molar-refractivity contribution in [2.45, 2.75) is 57.4 Å². The quantitative estimate of drug-likeness (QED) is 0.892. The van der Waals surface area contributed by atoms with Crippen LogP contribution in [-0.2, 0) is 14.8 Å². The summed E-state index contributed by atoms with van der Waals surface area (Å²) in [5.74, 6) is -0.0745. The Balaban J connectivity index is 2.19. The van der Waals surface area contributed by atoms with Gasteiger partial charge in [0.2, 0.25) is 15.9 Å². The summed E-state index contributed by atoms with van der Waals surface area (Å²) < 4.78 is 27.6. The molecule has 1 fully saturated rings. The van der Waals surface area contributed by atoms with Gasteiger partial charge < -0.3 is 5.32 Å². The van der Waals surface area contributed by atoms with Crippen LogP contribution in [0.2, 0.25) is 0 Å². The molecule has 2 heterocycles. The number of hydrogen-bond acceptors (Lipinski definition) is 4. The molecule has 0 spiro atoms. The van der Waals surface area contributed by atoms with E-state index in [0.717, 1.165) is 29.0 Å². The molecule has 0 bridgehead atoms. The molecule has 1 amide bonds. The lowest BCUT2D eigenvalue weighted by Gasteiger charge is -2.34. The number of rotatable bonds is 5. The Morgan fingerprint density at radius 2 is 2.14 bits per heavy atom. The fourth-order valence-corrected chi connectivity index (χ4v) is 6.23. The summed E-state index contributed by atoms with van der Waals surface area (Å²) in [6.45, 7) is 6.36. The highest BCUT2D eigenvalue weighted by Gasteiger charge is 2.34. The number of thiophene rings is 1. The van der Waals surface area contributed by atoms with E-state index in [0.29, 0.717) is 24.4 Å². The summed E-state index contributed by atoms with van der Waals surface area (Å²) in [5.41, 5.74) is 0. The lowest BCUT2D eigenvalue weighted by atomic mass is 10.0. The first kappa shape index (κ1) is 17.4. The summed E-state index contributed by atoms with van der Waals surface area (Å²) in [6, 6.07) is 1.75. The van der Waals surface area contributed by atoms with Crippen molar-refractivity contribution in [2.24, 2.45) is 0 Å². The summed E-state index contributed by atoms with van der Waals surface area (Å²) in [4.78, 5) is 13.3. The Labute approximate surface area is 136 Å². The van der Waals surface area contributed by atoms with Gasteiger partial charge in [-0.25, -0.2) is 8.42 Å². The summed E-state index contributed by atoms with van der Waals surface area (Å²) >= 11 is 1.52. The number of nitrogens with one attached hydrogen (secondary N) is 1. The minimum absolute atomic E-state index is 0.0230. The van der Waals surface area contributed by atoms with Crippen LogP contribution < -0.4 is 5.32 Å². The summed E-state index contributed by atoms with van der Waals surface area (Å²) in [5, 5.41) is 2.76. The number of piperidine rings is 1. The van der Waals surface area contributed by atoms with E-state index in [9.17, 15) is 13.2 Å². The number of carbonyl (C=O) groups is 1. The zero-order valence-corrected chi connectivity index (χ0v) is 15.0. The van der Waals surface area contributed by atoms with E-state index >= 15 is 0 Å². The third-order valence-corrected chi connectivity index (χ3v) is 7.18. The first-order valence-electron chi connectivity index (χ1n) is 7.65. The maximum Gasteiger partial charge on any atom is 0.244 e. The largest absolute Gasteiger partial charge is 0.356 e. The smallest absolute Gasteiger partial charge is 0.244 e. The second kappa shape index (κ2) is 7.10. The molecule has 1 saturated heterocycles. The van der Waals surface area contributed by atoms with Crippen LogP contribution in [0.4, 0.5) is 0 Å². The van der Waals surface area contributed by atoms with Crippen molar-refractivity contribution in [1.29, 1.82) is 0 Å². The molecule has 1 atom stereocenters. The van der Waals surface area contributed by atoms with Gasteiger partial charge in [0.1, 0.15) is 0 Å². The Hall–Kier alpha value is -0.920. The zero-order chi connectivity index (χ0) is 16.3. The first-order valence-corrected chi connectivity index (χ1v) is 9.91. The third kappa shape index (κ3) is 3.88. The van der Waals surface area contributed by atoms with Crippen LogP contribution in [0.25, 0.3) is 0 Å². The minimum Gasteiger partial charge on any atom is -0.356 e. The summed E-state index contributed by atoms with van der Waals surface area (Å²) in [7, 11) is -3.44. The first-order chi connectivity index (χ1) is 10.3. The minimum atomic E-state index is -3.44. The molecule has 2 rings (SSSR count). The molecule has 0 saturated carbocycles. The average molecular weight is 345 g/mol. The lowest BCUT2D eigenvalue weighted by molar-refractivity contribution is -0.119. The number of hydrogen-bond donors (Lipinski definition) is 1. The van der Waals surface area contributed by atoms with Gasteiger partial charge >= 0.3 is 0 Å². The van der Waals surface area contributed by atoms with Crippen molar-refractivity contribution >= 4 is 27.3 Å². The maximum atomic E-state index is 13.0. The molecular formula is C15H24N2O3S2. The van der Waals surface area contributed by atoms with E-state index in [1.165, 1.54) is 18.3 Å². The molecule has 124 valence electrons. The average Bonchev–Trinajstić information content (AvgIpc) is 2.78. The van der Waals surface area contributed by atoms with Crippen LogP contribution in [0.5, 0.6) is 0 Å². The van der Waals surface area contributed by atoms with Gasteiger partial charge in [0.05, 0.1) is 4.90 Å². The van der Waals surface area contributed by atoms with Crippen LogP contribution in [-0.4, -0.2) is 37.8 Å². The molecule has 0 unspecified atom stereocenters. The predicted octanol–water partition coefficient (Wildman–Crippen LogP) is 2.43. The van der Waals surface area contributed by atoms with Crippen molar-refractivity contribution < 1.29 is 13.2 Å². The Morgan fingerprint density at radius 3 is 2.73 bits per heavy atom. The molecule has 1 N–H and O–H groups in total. The van der Waals surface area contributed by atoms with Crippen molar-refractivity contribution in [3.8, 4) is 0 Å². The fraction of sp³-hybridized carbons (Fsp3) is 0.667. The topological polar surface area (TPSA) is 66.5 Å². The molecule has 1 aliphatic rings. The monoisotopic (exact) mass is 344 g/mol. The third-order valence-electron chi connectivity index (χ3n) is 4.01. The van der Waals surface area contributed by atoms with E-state index < -0.39 is 10.0 Å². The molecule has 0 aromatic carbocycles. The normalized spacial score (nSPS) is 20.0. The molecule has 5 nitrogen and oxygen atoms in total. The van der Waals surface area contributed by atoms with Gasteiger partial charge in [-0.3, -0.25) is 4.79 Å². The highest BCUT2D eigenvalue weighted by molar-refractivity contribution is 7.89. The van der Waals surface area contributed by atoms with Gasteiger partial charge in [-0.15, -0.1) is 11.3 Å². The Morgan fingerprint density at radius 1 is 1.41 bits per heavy atom. The van der Waals surface area contributed by atoms with Crippen LogP contribution in [0, 0.1) is 13.8 Å².